The highest BCUT2D eigenvalue weighted by Crippen LogP contribution is 2.17. The molecule has 7 nitrogen and oxygen atoms in total. The van der Waals surface area contributed by atoms with Crippen LogP contribution in [-0.2, 0) is 13.7 Å². The maximum Gasteiger partial charge on any atom is 0.225 e. The third-order valence-corrected chi connectivity index (χ3v) is 5.31. The van der Waals surface area contributed by atoms with Gasteiger partial charge in [-0.2, -0.15) is 4.68 Å². The minimum atomic E-state index is -0.260. The Balaban J connectivity index is 1.45. The van der Waals surface area contributed by atoms with E-state index in [0.29, 0.717) is 11.4 Å². The van der Waals surface area contributed by atoms with Gasteiger partial charge in [0, 0.05) is 25.0 Å². The summed E-state index contributed by atoms with van der Waals surface area (Å²) in [4.78, 5) is 12.2. The molecular formula is C18H21FN7S+. The zero-order valence-corrected chi connectivity index (χ0v) is 15.9. The highest BCUT2D eigenvalue weighted by Gasteiger charge is 2.23. The highest BCUT2D eigenvalue weighted by atomic mass is 32.1. The van der Waals surface area contributed by atoms with E-state index in [1.54, 1.807) is 24.5 Å². The third-order valence-electron chi connectivity index (χ3n) is 4.82. The molecule has 1 aliphatic rings. The van der Waals surface area contributed by atoms with E-state index < -0.39 is 0 Å². The predicted octanol–water partition coefficient (Wildman–Crippen LogP) is 0.910. The van der Waals surface area contributed by atoms with Crippen LogP contribution in [0.1, 0.15) is 0 Å². The van der Waals surface area contributed by atoms with Gasteiger partial charge in [0.15, 0.2) is 12.5 Å². The molecule has 1 N–H and O–H groups in total. The van der Waals surface area contributed by atoms with Crippen LogP contribution in [0.25, 0.3) is 11.4 Å². The average Bonchev–Trinajstić information content (AvgIpc) is 2.98. The second-order valence-corrected chi connectivity index (χ2v) is 6.98. The minimum absolute atomic E-state index is 0.260. The fourth-order valence-corrected chi connectivity index (χ4v) is 3.48. The summed E-state index contributed by atoms with van der Waals surface area (Å²) in [6.45, 7) is 4.41. The second kappa shape index (κ2) is 7.53. The number of nitrogens with zero attached hydrogens (tertiary/aromatic N) is 6. The van der Waals surface area contributed by atoms with Crippen molar-refractivity contribution in [2.75, 3.05) is 31.1 Å². The first kappa shape index (κ1) is 17.7. The largest absolute Gasteiger partial charge is 0.330 e. The molecule has 3 heterocycles. The molecule has 0 amide bonds. The lowest BCUT2D eigenvalue weighted by molar-refractivity contribution is -0.924. The fraction of sp³-hybridized carbons (Fsp3) is 0.333. The number of nitrogens with one attached hydrogen (secondary N) is 1. The molecule has 0 radical (unpaired) electrons. The van der Waals surface area contributed by atoms with Crippen LogP contribution in [0.4, 0.5) is 10.3 Å². The van der Waals surface area contributed by atoms with E-state index in [2.05, 4.69) is 20.0 Å². The first-order chi connectivity index (χ1) is 13.1. The smallest absolute Gasteiger partial charge is 0.225 e. The summed E-state index contributed by atoms with van der Waals surface area (Å²) in [5, 5.41) is 4.67. The van der Waals surface area contributed by atoms with E-state index in [-0.39, 0.29) is 5.82 Å². The van der Waals surface area contributed by atoms with Crippen LogP contribution in [0.2, 0.25) is 0 Å². The Morgan fingerprint density at radius 2 is 1.78 bits per heavy atom. The second-order valence-electron chi connectivity index (χ2n) is 6.62. The Morgan fingerprint density at radius 1 is 1.11 bits per heavy atom. The molecule has 2 aromatic heterocycles. The summed E-state index contributed by atoms with van der Waals surface area (Å²) < 4.78 is 17.6. The average molecular weight is 386 g/mol. The number of benzene rings is 1. The molecule has 1 aromatic carbocycles. The van der Waals surface area contributed by atoms with E-state index in [0.717, 1.165) is 43.5 Å². The Morgan fingerprint density at radius 3 is 2.44 bits per heavy atom. The molecular weight excluding hydrogens is 365 g/mol. The van der Waals surface area contributed by atoms with Crippen LogP contribution in [-0.4, -0.2) is 50.5 Å². The SMILES string of the molecule is Cn1c(-c2ccc(F)cc2)nn(C[NH+]2CCN(c3ncccn3)CC2)c1=S. The Hall–Kier alpha value is -2.65. The van der Waals surface area contributed by atoms with Crippen molar-refractivity contribution in [3.05, 3.63) is 53.3 Å². The van der Waals surface area contributed by atoms with Gasteiger partial charge >= 0.3 is 0 Å². The molecule has 1 saturated heterocycles. The maximum absolute atomic E-state index is 13.2. The topological polar surface area (TPSA) is 56.2 Å². The van der Waals surface area contributed by atoms with E-state index in [9.17, 15) is 4.39 Å². The van der Waals surface area contributed by atoms with Gasteiger partial charge in [-0.1, -0.05) is 0 Å². The van der Waals surface area contributed by atoms with Gasteiger partial charge in [-0.25, -0.2) is 14.4 Å². The van der Waals surface area contributed by atoms with Crippen LogP contribution < -0.4 is 9.80 Å². The van der Waals surface area contributed by atoms with Crippen LogP contribution >= 0.6 is 12.2 Å². The molecule has 0 saturated carbocycles. The van der Waals surface area contributed by atoms with E-state index in [1.165, 1.54) is 17.0 Å². The molecule has 9 heteroatoms. The van der Waals surface area contributed by atoms with Crippen molar-refractivity contribution in [3.63, 3.8) is 0 Å². The summed E-state index contributed by atoms with van der Waals surface area (Å²) in [5.74, 6) is 1.27. The lowest BCUT2D eigenvalue weighted by Crippen LogP contribution is -3.14. The summed E-state index contributed by atoms with van der Waals surface area (Å²) in [6.07, 6.45) is 3.54. The number of aromatic nitrogens is 5. The molecule has 0 spiro atoms. The van der Waals surface area contributed by atoms with Crippen molar-refractivity contribution < 1.29 is 9.29 Å². The van der Waals surface area contributed by atoms with E-state index in [1.807, 2.05) is 22.4 Å². The minimum Gasteiger partial charge on any atom is -0.330 e. The zero-order chi connectivity index (χ0) is 18.8. The van der Waals surface area contributed by atoms with Gasteiger partial charge in [0.2, 0.25) is 10.7 Å². The van der Waals surface area contributed by atoms with Crippen molar-refractivity contribution in [2.24, 2.45) is 7.05 Å². The summed E-state index contributed by atoms with van der Waals surface area (Å²) in [6, 6.07) is 8.15. The van der Waals surface area contributed by atoms with Crippen LogP contribution in [0, 0.1) is 10.6 Å². The molecule has 0 bridgehead atoms. The summed E-state index contributed by atoms with van der Waals surface area (Å²) in [5.41, 5.74) is 0.852. The molecule has 0 aliphatic carbocycles. The maximum atomic E-state index is 13.2. The Kier molecular flexibility index (Phi) is 4.95. The zero-order valence-electron chi connectivity index (χ0n) is 15.0. The number of hydrogen-bond acceptors (Lipinski definition) is 5. The summed E-state index contributed by atoms with van der Waals surface area (Å²) in [7, 11) is 1.89. The summed E-state index contributed by atoms with van der Waals surface area (Å²) >= 11 is 5.55. The van der Waals surface area contributed by atoms with Crippen molar-refractivity contribution in [2.45, 2.75) is 6.67 Å². The first-order valence-electron chi connectivity index (χ1n) is 8.87. The Bertz CT molecular complexity index is 960. The predicted molar refractivity (Wildman–Crippen MR) is 102 cm³/mol. The van der Waals surface area contributed by atoms with Crippen molar-refractivity contribution in [1.82, 2.24) is 24.3 Å². The van der Waals surface area contributed by atoms with Crippen molar-refractivity contribution >= 4 is 18.2 Å². The molecule has 4 rings (SSSR count). The number of quaternary nitrogens is 1. The Labute approximate surface area is 161 Å². The molecule has 1 aliphatic heterocycles. The molecule has 0 unspecified atom stereocenters. The van der Waals surface area contributed by atoms with Crippen molar-refractivity contribution in [1.29, 1.82) is 0 Å². The lowest BCUT2D eigenvalue weighted by Gasteiger charge is -2.31. The number of anilines is 1. The number of piperazine rings is 1. The van der Waals surface area contributed by atoms with Gasteiger partial charge in [0.05, 0.1) is 26.2 Å². The quantitative estimate of drug-likeness (QED) is 0.676. The van der Waals surface area contributed by atoms with Gasteiger partial charge in [-0.15, -0.1) is 5.10 Å². The molecule has 0 atom stereocenters. The fourth-order valence-electron chi connectivity index (χ4n) is 3.29. The van der Waals surface area contributed by atoms with Crippen molar-refractivity contribution in [3.8, 4) is 11.4 Å². The molecule has 27 heavy (non-hydrogen) atoms. The number of hydrogen-bond donors (Lipinski definition) is 1. The van der Waals surface area contributed by atoms with E-state index in [4.69, 9.17) is 12.2 Å². The first-order valence-corrected chi connectivity index (χ1v) is 9.28. The van der Waals surface area contributed by atoms with Crippen LogP contribution in [0.3, 0.4) is 0 Å². The van der Waals surface area contributed by atoms with Gasteiger partial charge in [-0.05, 0) is 42.5 Å². The van der Waals surface area contributed by atoms with Crippen LogP contribution in [0.5, 0.6) is 0 Å². The number of halogens is 1. The van der Waals surface area contributed by atoms with Gasteiger partial charge < -0.3 is 14.4 Å². The highest BCUT2D eigenvalue weighted by molar-refractivity contribution is 7.71. The molecule has 3 aromatic rings. The number of rotatable bonds is 4. The van der Waals surface area contributed by atoms with Gasteiger partial charge in [0.1, 0.15) is 5.82 Å². The lowest BCUT2D eigenvalue weighted by atomic mass is 10.2. The molecule has 1 fully saturated rings. The van der Waals surface area contributed by atoms with Crippen LogP contribution in [0.15, 0.2) is 42.7 Å². The molecule has 140 valence electrons. The van der Waals surface area contributed by atoms with Gasteiger partial charge in [-0.3, -0.25) is 0 Å². The van der Waals surface area contributed by atoms with E-state index >= 15 is 0 Å². The normalized spacial score (nSPS) is 15.3. The van der Waals surface area contributed by atoms with Gasteiger partial charge in [0.25, 0.3) is 0 Å². The third kappa shape index (κ3) is 3.74. The monoisotopic (exact) mass is 386 g/mol. The standard InChI is InChI=1S/C18H20FN7S/c1-23-16(14-3-5-15(19)6-4-14)22-26(18(23)27)13-24-9-11-25(12-10-24)17-20-7-2-8-21-17/h2-8H,9-13H2,1H3/p+1.